The monoisotopic (exact) mass is 884 g/mol. The minimum atomic E-state index is -1.15. The lowest BCUT2D eigenvalue weighted by molar-refractivity contribution is -0.127. The molecular weight excluding hydrogens is 817 g/mol. The fourth-order valence-electron chi connectivity index (χ4n) is 6.89. The number of hydrogen-bond acceptors (Lipinski definition) is 14. The molecule has 0 radical (unpaired) electrons. The maximum atomic E-state index is 14.2. The van der Waals surface area contributed by atoms with E-state index in [9.17, 15) is 19.8 Å². The van der Waals surface area contributed by atoms with Gasteiger partial charge in [0.05, 0.1) is 117 Å². The molecular formula is C47H68N2O14. The number of amides is 2. The number of ether oxygens (including phenoxy) is 10. The van der Waals surface area contributed by atoms with E-state index in [0.717, 1.165) is 22.3 Å². The molecule has 16 nitrogen and oxygen atoms in total. The molecule has 2 amide bonds. The quantitative estimate of drug-likeness (QED) is 0.0629. The van der Waals surface area contributed by atoms with Gasteiger partial charge >= 0.3 is 6.09 Å². The van der Waals surface area contributed by atoms with Crippen molar-refractivity contribution in [1.82, 2.24) is 10.6 Å². The van der Waals surface area contributed by atoms with Gasteiger partial charge in [0.1, 0.15) is 19.0 Å². The molecule has 63 heavy (non-hydrogen) atoms. The van der Waals surface area contributed by atoms with Gasteiger partial charge in [0.25, 0.3) is 0 Å². The van der Waals surface area contributed by atoms with E-state index < -0.39 is 36.3 Å². The number of aliphatic hydroxyl groups is 2. The Balaban J connectivity index is 1.31. The van der Waals surface area contributed by atoms with Crippen molar-refractivity contribution >= 4 is 12.0 Å². The number of aliphatic hydroxyl groups excluding tert-OH is 2. The maximum Gasteiger partial charge on any atom is 0.407 e. The first kappa shape index (κ1) is 51.4. The Labute approximate surface area is 371 Å². The highest BCUT2D eigenvalue weighted by Gasteiger charge is 2.35. The minimum absolute atomic E-state index is 0.00868. The highest BCUT2D eigenvalue weighted by atomic mass is 16.6. The van der Waals surface area contributed by atoms with E-state index in [4.69, 9.17) is 47.4 Å². The number of fused-ring (bicyclic) bond motifs is 1. The van der Waals surface area contributed by atoms with Gasteiger partial charge in [-0.15, -0.1) is 0 Å². The smallest absolute Gasteiger partial charge is 0.407 e. The first-order valence-corrected chi connectivity index (χ1v) is 21.8. The molecule has 0 saturated heterocycles. The molecule has 0 aromatic heterocycles. The van der Waals surface area contributed by atoms with Crippen molar-refractivity contribution in [1.29, 1.82) is 0 Å². The Morgan fingerprint density at radius 2 is 1.13 bits per heavy atom. The molecule has 0 aliphatic heterocycles. The molecule has 16 heteroatoms. The van der Waals surface area contributed by atoms with Gasteiger partial charge < -0.3 is 68.2 Å². The summed E-state index contributed by atoms with van der Waals surface area (Å²) in [7, 11) is 3.24. The van der Waals surface area contributed by atoms with Crippen LogP contribution in [0.3, 0.4) is 0 Å². The zero-order valence-corrected chi connectivity index (χ0v) is 36.8. The largest absolute Gasteiger partial charge is 0.491 e. The predicted octanol–water partition coefficient (Wildman–Crippen LogP) is 3.48. The summed E-state index contributed by atoms with van der Waals surface area (Å²) in [6, 6.07) is 23.2. The molecule has 0 saturated carbocycles. The second kappa shape index (κ2) is 31.6. The lowest BCUT2D eigenvalue weighted by atomic mass is 9.88. The van der Waals surface area contributed by atoms with E-state index in [1.165, 1.54) is 0 Å². The van der Waals surface area contributed by atoms with Crippen molar-refractivity contribution in [3.8, 4) is 5.75 Å². The Hall–Kier alpha value is -4.20. The van der Waals surface area contributed by atoms with Crippen LogP contribution >= 0.6 is 0 Å². The van der Waals surface area contributed by atoms with Crippen LogP contribution in [0.1, 0.15) is 34.7 Å². The third-order valence-electron chi connectivity index (χ3n) is 10.2. The number of carbonyl (C=O) groups excluding carboxylic acids is 2. The van der Waals surface area contributed by atoms with Crippen molar-refractivity contribution in [2.24, 2.45) is 5.92 Å². The zero-order chi connectivity index (χ0) is 44.7. The van der Waals surface area contributed by atoms with E-state index in [-0.39, 0.29) is 38.4 Å². The number of methoxy groups -OCH3 is 2. The number of carbonyl (C=O) groups is 2. The minimum Gasteiger partial charge on any atom is -0.491 e. The number of nitrogens with one attached hydrogen (secondary N) is 2. The Kier molecular flexibility index (Phi) is 25.8. The van der Waals surface area contributed by atoms with E-state index in [0.29, 0.717) is 105 Å². The van der Waals surface area contributed by atoms with Gasteiger partial charge in [0.2, 0.25) is 5.91 Å². The van der Waals surface area contributed by atoms with Crippen LogP contribution < -0.4 is 15.4 Å². The second-order valence-corrected chi connectivity index (χ2v) is 14.9. The zero-order valence-electron chi connectivity index (χ0n) is 36.8. The van der Waals surface area contributed by atoms with Crippen molar-refractivity contribution in [3.63, 3.8) is 0 Å². The highest BCUT2D eigenvalue weighted by molar-refractivity contribution is 5.80. The van der Waals surface area contributed by atoms with Gasteiger partial charge in [0.15, 0.2) is 0 Å². The summed E-state index contributed by atoms with van der Waals surface area (Å²) < 4.78 is 54.0. The molecule has 0 fully saturated rings. The summed E-state index contributed by atoms with van der Waals surface area (Å²) in [4.78, 5) is 27.3. The van der Waals surface area contributed by atoms with Gasteiger partial charge in [-0.25, -0.2) is 4.79 Å². The average Bonchev–Trinajstić information content (AvgIpc) is 3.61. The molecule has 0 heterocycles. The Bertz CT molecular complexity index is 1650. The highest BCUT2D eigenvalue weighted by Crippen LogP contribution is 2.32. The fraction of sp³-hybridized carbons (Fsp3) is 0.574. The number of rotatable bonds is 35. The molecule has 350 valence electrons. The van der Waals surface area contributed by atoms with Gasteiger partial charge in [-0.05, 0) is 53.6 Å². The summed E-state index contributed by atoms with van der Waals surface area (Å²) in [6.45, 7) is 6.42. The lowest BCUT2D eigenvalue weighted by Crippen LogP contribution is -2.47. The van der Waals surface area contributed by atoms with Crippen LogP contribution in [0.2, 0.25) is 0 Å². The van der Waals surface area contributed by atoms with Gasteiger partial charge in [-0.3, -0.25) is 4.79 Å². The Morgan fingerprint density at radius 1 is 0.619 bits per heavy atom. The first-order valence-electron chi connectivity index (χ1n) is 21.8. The third kappa shape index (κ3) is 20.9. The van der Waals surface area contributed by atoms with E-state index in [1.54, 1.807) is 14.2 Å². The summed E-state index contributed by atoms with van der Waals surface area (Å²) >= 11 is 0. The van der Waals surface area contributed by atoms with Crippen LogP contribution in [-0.2, 0) is 66.7 Å². The Morgan fingerprint density at radius 3 is 1.71 bits per heavy atom. The molecule has 4 N–H and O–H groups in total. The average molecular weight is 885 g/mol. The summed E-state index contributed by atoms with van der Waals surface area (Å²) in [5.41, 5.74) is 3.57. The molecule has 4 rings (SSSR count). The van der Waals surface area contributed by atoms with Crippen LogP contribution in [0.15, 0.2) is 78.9 Å². The van der Waals surface area contributed by atoms with E-state index in [1.807, 2.05) is 78.9 Å². The molecule has 1 aliphatic rings. The standard InChI is InChI=1S/C47H68N2O14/c1-54-16-18-56-20-22-58-24-26-60-28-30-62-40-14-12-37(13-15-40)32-39(46(52)49-45-41-11-7-6-10-38(41)34-44(45)51)35-43(50)42(33-36-8-4-3-5-9-36)48-47(53)63-31-29-61-27-25-59-23-21-57-19-17-55-2/h3-15,39,42-45,50-51H,16-35H2,1-2H3,(H,48,53)(H,49,52)/t39?,42?,43?,44-,45-/m0/s1. The normalized spacial score (nSPS) is 15.9. The molecule has 0 bridgehead atoms. The predicted molar refractivity (Wildman–Crippen MR) is 234 cm³/mol. The molecule has 0 spiro atoms. The molecule has 1 aliphatic carbocycles. The summed E-state index contributed by atoms with van der Waals surface area (Å²) in [6.07, 6.45) is -1.66. The van der Waals surface area contributed by atoms with Crippen LogP contribution in [0.4, 0.5) is 4.79 Å². The lowest BCUT2D eigenvalue weighted by Gasteiger charge is -2.28. The number of hydrogen-bond donors (Lipinski definition) is 4. The van der Waals surface area contributed by atoms with E-state index >= 15 is 0 Å². The molecule has 5 atom stereocenters. The van der Waals surface area contributed by atoms with Crippen LogP contribution in [0.25, 0.3) is 0 Å². The third-order valence-corrected chi connectivity index (χ3v) is 10.2. The maximum absolute atomic E-state index is 14.2. The number of benzene rings is 3. The van der Waals surface area contributed by atoms with Crippen molar-refractivity contribution < 1.29 is 67.2 Å². The topological polar surface area (TPSA) is 191 Å². The van der Waals surface area contributed by atoms with Gasteiger partial charge in [-0.2, -0.15) is 0 Å². The molecule has 3 unspecified atom stereocenters. The van der Waals surface area contributed by atoms with Crippen LogP contribution in [0, 0.1) is 5.92 Å². The molecule has 3 aromatic carbocycles. The fourth-order valence-corrected chi connectivity index (χ4v) is 6.89. The number of alkyl carbamates (subject to hydrolysis) is 1. The summed E-state index contributed by atoms with van der Waals surface area (Å²) in [5.74, 6) is -0.416. The summed E-state index contributed by atoms with van der Waals surface area (Å²) in [5, 5.41) is 28.7. The van der Waals surface area contributed by atoms with Gasteiger partial charge in [0, 0.05) is 26.6 Å². The van der Waals surface area contributed by atoms with Crippen LogP contribution in [0.5, 0.6) is 5.75 Å². The van der Waals surface area contributed by atoms with Gasteiger partial charge in [-0.1, -0.05) is 66.7 Å². The first-order chi connectivity index (χ1) is 30.9. The molecule has 3 aromatic rings. The van der Waals surface area contributed by atoms with E-state index in [2.05, 4.69) is 10.6 Å². The second-order valence-electron chi connectivity index (χ2n) is 14.9. The van der Waals surface area contributed by atoms with Crippen molar-refractivity contribution in [2.75, 3.05) is 120 Å². The van der Waals surface area contributed by atoms with Crippen molar-refractivity contribution in [3.05, 3.63) is 101 Å². The van der Waals surface area contributed by atoms with Crippen LogP contribution in [-0.4, -0.2) is 160 Å². The SMILES string of the molecule is COCCOCCOCCOCCOC(=O)NC(Cc1ccccc1)C(O)CC(Cc1ccc(OCCOCCOCCOCCOC)cc1)C(=O)N[C@H]1c2ccccc2C[C@@H]1O. The van der Waals surface area contributed by atoms with Crippen molar-refractivity contribution in [2.45, 2.75) is 50.0 Å².